The first-order valence-corrected chi connectivity index (χ1v) is 7.16. The number of amides is 1. The highest BCUT2D eigenvalue weighted by atomic mass is 16.5. The maximum Gasteiger partial charge on any atom is 0.236 e. The van der Waals surface area contributed by atoms with E-state index in [1.165, 1.54) is 0 Å². The molecule has 0 atom stereocenters. The lowest BCUT2D eigenvalue weighted by Crippen LogP contribution is -2.40. The molecule has 0 N–H and O–H groups in total. The molecule has 0 spiro atoms. The van der Waals surface area contributed by atoms with Crippen molar-refractivity contribution in [1.29, 1.82) is 0 Å². The predicted octanol–water partition coefficient (Wildman–Crippen LogP) is 1.68. The maximum atomic E-state index is 12.3. The molecule has 1 aromatic carbocycles. The van der Waals surface area contributed by atoms with Gasteiger partial charge in [0.2, 0.25) is 5.91 Å². The fourth-order valence-electron chi connectivity index (χ4n) is 2.17. The van der Waals surface area contributed by atoms with Crippen LogP contribution >= 0.6 is 0 Å². The number of benzene rings is 1. The van der Waals surface area contributed by atoms with Gasteiger partial charge in [-0.25, -0.2) is 0 Å². The van der Waals surface area contributed by atoms with Gasteiger partial charge >= 0.3 is 0 Å². The third-order valence-electron chi connectivity index (χ3n) is 3.34. The van der Waals surface area contributed by atoms with Crippen molar-refractivity contribution in [2.75, 3.05) is 40.3 Å². The molecule has 0 aliphatic rings. The van der Waals surface area contributed by atoms with Crippen LogP contribution in [-0.4, -0.2) is 61.8 Å². The smallest absolute Gasteiger partial charge is 0.236 e. The minimum Gasteiger partial charge on any atom is -0.496 e. The van der Waals surface area contributed by atoms with E-state index in [9.17, 15) is 9.59 Å². The van der Waals surface area contributed by atoms with Crippen LogP contribution < -0.4 is 4.74 Å². The number of nitrogens with zero attached hydrogens (tertiary/aromatic N) is 2. The third kappa shape index (κ3) is 4.86. The molecule has 0 saturated heterocycles. The van der Waals surface area contributed by atoms with E-state index >= 15 is 0 Å². The van der Waals surface area contributed by atoms with Crippen molar-refractivity contribution in [3.8, 4) is 5.75 Å². The van der Waals surface area contributed by atoms with Gasteiger partial charge in [0.15, 0.2) is 5.78 Å². The summed E-state index contributed by atoms with van der Waals surface area (Å²) in [5.74, 6) is 0.545. The molecule has 0 unspecified atom stereocenters. The highest BCUT2D eigenvalue weighted by Crippen LogP contribution is 2.17. The number of ether oxygens (including phenoxy) is 1. The van der Waals surface area contributed by atoms with Crippen LogP contribution in [0.25, 0.3) is 0 Å². The van der Waals surface area contributed by atoms with E-state index in [0.29, 0.717) is 24.4 Å². The second-order valence-electron chi connectivity index (χ2n) is 4.86. The molecule has 0 saturated carbocycles. The number of rotatable bonds is 8. The Balaban J connectivity index is 2.64. The van der Waals surface area contributed by atoms with E-state index < -0.39 is 0 Å². The SMILES string of the molecule is CCN(CC)C(=O)CN(C)CC(=O)c1ccccc1OC. The summed E-state index contributed by atoms with van der Waals surface area (Å²) < 4.78 is 5.19. The number of para-hydroxylation sites is 1. The average molecular weight is 292 g/mol. The standard InChI is InChI=1S/C16H24N2O3/c1-5-18(6-2)16(20)12-17(3)11-14(19)13-9-7-8-10-15(13)21-4/h7-10H,5-6,11-12H2,1-4H3. The molecule has 21 heavy (non-hydrogen) atoms. The Morgan fingerprint density at radius 2 is 1.71 bits per heavy atom. The summed E-state index contributed by atoms with van der Waals surface area (Å²) in [5.41, 5.74) is 0.544. The van der Waals surface area contributed by atoms with Crippen LogP contribution in [0.2, 0.25) is 0 Å². The van der Waals surface area contributed by atoms with E-state index in [0.717, 1.165) is 0 Å². The Hall–Kier alpha value is -1.88. The fraction of sp³-hybridized carbons (Fsp3) is 0.500. The van der Waals surface area contributed by atoms with Crippen LogP contribution in [0.15, 0.2) is 24.3 Å². The number of Topliss-reactive ketones (excluding diaryl/α,β-unsaturated/α-hetero) is 1. The number of methoxy groups -OCH3 is 1. The molecule has 5 nitrogen and oxygen atoms in total. The van der Waals surface area contributed by atoms with Gasteiger partial charge in [0.25, 0.3) is 0 Å². The Morgan fingerprint density at radius 1 is 1.10 bits per heavy atom. The molecule has 1 rings (SSSR count). The minimum atomic E-state index is -0.0534. The zero-order valence-electron chi connectivity index (χ0n) is 13.3. The number of carbonyl (C=O) groups is 2. The highest BCUT2D eigenvalue weighted by Gasteiger charge is 2.17. The number of ketones is 1. The normalized spacial score (nSPS) is 10.5. The summed E-state index contributed by atoms with van der Waals surface area (Å²) >= 11 is 0. The molecule has 0 aliphatic heterocycles. The van der Waals surface area contributed by atoms with Gasteiger partial charge in [0.1, 0.15) is 5.75 Å². The van der Waals surface area contributed by atoms with Crippen LogP contribution in [0, 0.1) is 0 Å². The van der Waals surface area contributed by atoms with Gasteiger partial charge in [0.05, 0.1) is 25.8 Å². The molecule has 0 aliphatic carbocycles. The molecule has 0 aromatic heterocycles. The second-order valence-corrected chi connectivity index (χ2v) is 4.86. The number of hydrogen-bond acceptors (Lipinski definition) is 4. The van der Waals surface area contributed by atoms with Gasteiger partial charge in [-0.2, -0.15) is 0 Å². The number of hydrogen-bond donors (Lipinski definition) is 0. The first-order valence-electron chi connectivity index (χ1n) is 7.16. The Morgan fingerprint density at radius 3 is 2.29 bits per heavy atom. The van der Waals surface area contributed by atoms with Crippen molar-refractivity contribution < 1.29 is 14.3 Å². The van der Waals surface area contributed by atoms with Crippen molar-refractivity contribution >= 4 is 11.7 Å². The first-order chi connectivity index (χ1) is 10.0. The molecule has 5 heteroatoms. The molecule has 0 fully saturated rings. The second kappa shape index (κ2) is 8.42. The quantitative estimate of drug-likeness (QED) is 0.684. The summed E-state index contributed by atoms with van der Waals surface area (Å²) in [6.45, 7) is 5.69. The van der Waals surface area contributed by atoms with Crippen LogP contribution in [0.5, 0.6) is 5.75 Å². The lowest BCUT2D eigenvalue weighted by Gasteiger charge is -2.22. The molecule has 116 valence electrons. The molecule has 1 aromatic rings. The Kier molecular flexibility index (Phi) is 6.88. The van der Waals surface area contributed by atoms with Crippen molar-refractivity contribution in [2.45, 2.75) is 13.8 Å². The Bertz CT molecular complexity index is 484. The fourth-order valence-corrected chi connectivity index (χ4v) is 2.17. The van der Waals surface area contributed by atoms with Crippen LogP contribution in [0.4, 0.5) is 0 Å². The first kappa shape index (κ1) is 17.2. The molecule has 0 radical (unpaired) electrons. The summed E-state index contributed by atoms with van der Waals surface area (Å²) in [4.78, 5) is 27.8. The third-order valence-corrected chi connectivity index (χ3v) is 3.34. The molecule has 1 amide bonds. The highest BCUT2D eigenvalue weighted by molar-refractivity contribution is 6.00. The monoisotopic (exact) mass is 292 g/mol. The van der Waals surface area contributed by atoms with Crippen LogP contribution in [0.1, 0.15) is 24.2 Å². The molecule has 0 bridgehead atoms. The van der Waals surface area contributed by atoms with Crippen molar-refractivity contribution in [3.05, 3.63) is 29.8 Å². The van der Waals surface area contributed by atoms with Gasteiger partial charge in [-0.05, 0) is 33.0 Å². The predicted molar refractivity (Wildman–Crippen MR) is 82.7 cm³/mol. The summed E-state index contributed by atoms with van der Waals surface area (Å²) in [6, 6.07) is 7.12. The van der Waals surface area contributed by atoms with Gasteiger partial charge in [-0.3, -0.25) is 14.5 Å². The van der Waals surface area contributed by atoms with Gasteiger partial charge in [-0.1, -0.05) is 12.1 Å². The lowest BCUT2D eigenvalue weighted by molar-refractivity contribution is -0.131. The van der Waals surface area contributed by atoms with E-state index in [1.54, 1.807) is 42.2 Å². The zero-order chi connectivity index (χ0) is 15.8. The van der Waals surface area contributed by atoms with Crippen molar-refractivity contribution in [1.82, 2.24) is 9.80 Å². The number of carbonyl (C=O) groups excluding carboxylic acids is 2. The van der Waals surface area contributed by atoms with E-state index in [4.69, 9.17) is 4.74 Å². The van der Waals surface area contributed by atoms with E-state index in [-0.39, 0.29) is 24.8 Å². The van der Waals surface area contributed by atoms with E-state index in [1.807, 2.05) is 19.9 Å². The average Bonchev–Trinajstić information content (AvgIpc) is 2.48. The maximum absolute atomic E-state index is 12.3. The Labute approximate surface area is 126 Å². The summed E-state index contributed by atoms with van der Waals surface area (Å²) in [6.07, 6.45) is 0. The van der Waals surface area contributed by atoms with Crippen molar-refractivity contribution in [2.24, 2.45) is 0 Å². The largest absolute Gasteiger partial charge is 0.496 e. The molecular formula is C16H24N2O3. The minimum absolute atomic E-state index is 0.0373. The van der Waals surface area contributed by atoms with Crippen molar-refractivity contribution in [3.63, 3.8) is 0 Å². The molecular weight excluding hydrogens is 268 g/mol. The zero-order valence-corrected chi connectivity index (χ0v) is 13.3. The van der Waals surface area contributed by atoms with Crippen LogP contribution in [0.3, 0.4) is 0 Å². The summed E-state index contributed by atoms with van der Waals surface area (Å²) in [5, 5.41) is 0. The van der Waals surface area contributed by atoms with Crippen LogP contribution in [-0.2, 0) is 4.79 Å². The number of likely N-dealkylation sites (N-methyl/N-ethyl adjacent to an activating group) is 2. The van der Waals surface area contributed by atoms with Gasteiger partial charge in [-0.15, -0.1) is 0 Å². The summed E-state index contributed by atoms with van der Waals surface area (Å²) in [7, 11) is 3.31. The molecule has 0 heterocycles. The van der Waals surface area contributed by atoms with Gasteiger partial charge in [0, 0.05) is 13.1 Å². The van der Waals surface area contributed by atoms with E-state index in [2.05, 4.69) is 0 Å². The van der Waals surface area contributed by atoms with Gasteiger partial charge < -0.3 is 9.64 Å². The topological polar surface area (TPSA) is 49.9 Å². The lowest BCUT2D eigenvalue weighted by atomic mass is 10.1.